The van der Waals surface area contributed by atoms with E-state index in [4.69, 9.17) is 0 Å². The minimum atomic E-state index is -2.81. The van der Waals surface area contributed by atoms with Crippen molar-refractivity contribution in [3.8, 4) is 0 Å². The molecule has 1 aliphatic heterocycles. The molecule has 1 fully saturated rings. The van der Waals surface area contributed by atoms with Gasteiger partial charge in [0.1, 0.15) is 0 Å². The molecule has 2 N–H and O–H groups in total. The third kappa shape index (κ3) is 5.84. The average Bonchev–Trinajstić information content (AvgIpc) is 2.24. The third-order valence-electron chi connectivity index (χ3n) is 3.12. The van der Waals surface area contributed by atoms with Gasteiger partial charge >= 0.3 is 0 Å². The van der Waals surface area contributed by atoms with Crippen molar-refractivity contribution >= 4 is 9.84 Å². The van der Waals surface area contributed by atoms with Crippen LogP contribution in [0.2, 0.25) is 0 Å². The second kappa shape index (κ2) is 7.34. The Bertz CT molecular complexity index is 302. The second-order valence-corrected chi connectivity index (χ2v) is 7.69. The third-order valence-corrected chi connectivity index (χ3v) is 5.39. The summed E-state index contributed by atoms with van der Waals surface area (Å²) in [6.07, 6.45) is 2.72. The van der Waals surface area contributed by atoms with Crippen LogP contribution >= 0.6 is 0 Å². The monoisotopic (exact) mass is 262 g/mol. The molecule has 102 valence electrons. The van der Waals surface area contributed by atoms with Crippen molar-refractivity contribution in [2.75, 3.05) is 31.9 Å². The van der Waals surface area contributed by atoms with Gasteiger partial charge in [0.15, 0.2) is 9.84 Å². The molecule has 0 aromatic heterocycles. The molecule has 0 spiro atoms. The molecule has 0 radical (unpaired) electrons. The van der Waals surface area contributed by atoms with Gasteiger partial charge in [0, 0.05) is 19.6 Å². The van der Waals surface area contributed by atoms with Crippen LogP contribution in [-0.4, -0.2) is 45.6 Å². The summed E-state index contributed by atoms with van der Waals surface area (Å²) in [7, 11) is -2.81. The van der Waals surface area contributed by atoms with Crippen molar-refractivity contribution in [2.45, 2.75) is 38.4 Å². The first kappa shape index (κ1) is 14.9. The van der Waals surface area contributed by atoms with Crippen LogP contribution in [0, 0.1) is 5.92 Å². The summed E-state index contributed by atoms with van der Waals surface area (Å²) in [5.74, 6) is 1.04. The molecule has 1 heterocycles. The van der Waals surface area contributed by atoms with Crippen LogP contribution in [0.1, 0.15) is 33.1 Å². The van der Waals surface area contributed by atoms with Crippen molar-refractivity contribution in [2.24, 2.45) is 5.92 Å². The largest absolute Gasteiger partial charge is 0.315 e. The van der Waals surface area contributed by atoms with Crippen LogP contribution in [0.3, 0.4) is 0 Å². The minimum absolute atomic E-state index is 0.152. The van der Waals surface area contributed by atoms with Gasteiger partial charge in [0.25, 0.3) is 0 Å². The Kier molecular flexibility index (Phi) is 6.44. The van der Waals surface area contributed by atoms with Gasteiger partial charge < -0.3 is 10.6 Å². The predicted octanol–water partition coefficient (Wildman–Crippen LogP) is 0.789. The van der Waals surface area contributed by atoms with E-state index >= 15 is 0 Å². The first-order valence-corrected chi connectivity index (χ1v) is 8.37. The van der Waals surface area contributed by atoms with E-state index in [1.807, 2.05) is 0 Å². The van der Waals surface area contributed by atoms with Gasteiger partial charge in [-0.1, -0.05) is 20.3 Å². The molecule has 1 aliphatic rings. The molecule has 0 bridgehead atoms. The summed E-state index contributed by atoms with van der Waals surface area (Å²) >= 11 is 0. The van der Waals surface area contributed by atoms with Gasteiger partial charge in [-0.3, -0.25) is 0 Å². The summed E-state index contributed by atoms with van der Waals surface area (Å²) in [5, 5.41) is 6.42. The first-order chi connectivity index (χ1) is 8.02. The number of nitrogens with one attached hydrogen (secondary N) is 2. The van der Waals surface area contributed by atoms with Crippen LogP contribution < -0.4 is 10.6 Å². The fourth-order valence-corrected chi connectivity index (χ4v) is 3.92. The van der Waals surface area contributed by atoms with E-state index in [1.54, 1.807) is 0 Å². The summed E-state index contributed by atoms with van der Waals surface area (Å²) in [5.41, 5.74) is 0. The molecular weight excluding hydrogens is 236 g/mol. The lowest BCUT2D eigenvalue weighted by Crippen LogP contribution is -2.39. The highest BCUT2D eigenvalue weighted by molar-refractivity contribution is 7.92. The van der Waals surface area contributed by atoms with Crippen LogP contribution in [-0.2, 0) is 9.84 Å². The molecule has 0 aliphatic carbocycles. The fourth-order valence-electron chi connectivity index (χ4n) is 2.08. The van der Waals surface area contributed by atoms with Gasteiger partial charge in [-0.25, -0.2) is 8.42 Å². The van der Waals surface area contributed by atoms with Crippen LogP contribution in [0.4, 0.5) is 0 Å². The summed E-state index contributed by atoms with van der Waals surface area (Å²) in [6, 6.07) is 0. The van der Waals surface area contributed by atoms with E-state index in [9.17, 15) is 8.42 Å². The number of hydrogen-bond donors (Lipinski definition) is 2. The molecule has 1 saturated heterocycles. The van der Waals surface area contributed by atoms with Crippen molar-refractivity contribution < 1.29 is 8.42 Å². The van der Waals surface area contributed by atoms with Crippen LogP contribution in [0.15, 0.2) is 0 Å². The van der Waals surface area contributed by atoms with E-state index in [0.29, 0.717) is 18.2 Å². The zero-order valence-corrected chi connectivity index (χ0v) is 11.9. The zero-order valence-electron chi connectivity index (χ0n) is 11.0. The van der Waals surface area contributed by atoms with E-state index in [-0.39, 0.29) is 5.25 Å². The van der Waals surface area contributed by atoms with Crippen LogP contribution in [0.5, 0.6) is 0 Å². The molecule has 0 amide bonds. The average molecular weight is 262 g/mol. The summed E-state index contributed by atoms with van der Waals surface area (Å²) in [4.78, 5) is 0. The lowest BCUT2D eigenvalue weighted by Gasteiger charge is -2.22. The minimum Gasteiger partial charge on any atom is -0.315 e. The molecule has 0 saturated carbocycles. The first-order valence-electron chi connectivity index (χ1n) is 6.65. The van der Waals surface area contributed by atoms with E-state index in [1.165, 1.54) is 0 Å². The van der Waals surface area contributed by atoms with Crippen LogP contribution in [0.25, 0.3) is 0 Å². The van der Waals surface area contributed by atoms with Gasteiger partial charge in [0.05, 0.1) is 11.0 Å². The van der Waals surface area contributed by atoms with Gasteiger partial charge in [-0.2, -0.15) is 0 Å². The molecule has 17 heavy (non-hydrogen) atoms. The molecule has 0 aromatic rings. The molecule has 1 rings (SSSR count). The highest BCUT2D eigenvalue weighted by atomic mass is 32.2. The summed E-state index contributed by atoms with van der Waals surface area (Å²) in [6.45, 7) is 7.74. The Hall–Kier alpha value is -0.130. The highest BCUT2D eigenvalue weighted by Crippen LogP contribution is 2.18. The molecule has 1 atom stereocenters. The molecule has 4 nitrogen and oxygen atoms in total. The lowest BCUT2D eigenvalue weighted by atomic mass is 10.2. The Morgan fingerprint density at radius 2 is 1.88 bits per heavy atom. The molecular formula is C12H26N2O2S. The lowest BCUT2D eigenvalue weighted by molar-refractivity contribution is 0.505. The number of sulfone groups is 1. The normalized spacial score (nSPS) is 24.1. The Morgan fingerprint density at radius 1 is 1.18 bits per heavy atom. The fraction of sp³-hybridized carbons (Fsp3) is 1.00. The SMILES string of the molecule is CC(C)CNCCNCC1CCCCS1(=O)=O. The van der Waals surface area contributed by atoms with E-state index in [2.05, 4.69) is 24.5 Å². The zero-order chi connectivity index (χ0) is 12.7. The number of hydrogen-bond acceptors (Lipinski definition) is 4. The van der Waals surface area contributed by atoms with Gasteiger partial charge in [0.2, 0.25) is 0 Å². The van der Waals surface area contributed by atoms with E-state index in [0.717, 1.165) is 38.9 Å². The smallest absolute Gasteiger partial charge is 0.154 e. The van der Waals surface area contributed by atoms with Gasteiger partial charge in [-0.15, -0.1) is 0 Å². The molecule has 5 heteroatoms. The molecule has 1 unspecified atom stereocenters. The maximum Gasteiger partial charge on any atom is 0.154 e. The van der Waals surface area contributed by atoms with Gasteiger partial charge in [-0.05, 0) is 25.3 Å². The maximum absolute atomic E-state index is 11.7. The van der Waals surface area contributed by atoms with Crippen molar-refractivity contribution in [3.05, 3.63) is 0 Å². The van der Waals surface area contributed by atoms with Crippen molar-refractivity contribution in [1.29, 1.82) is 0 Å². The standard InChI is InChI=1S/C12H26N2O2S/c1-11(2)9-13-6-7-14-10-12-5-3-4-8-17(12,15)16/h11-14H,3-10H2,1-2H3. The Labute approximate surface area is 105 Å². The Balaban J connectivity index is 2.09. The second-order valence-electron chi connectivity index (χ2n) is 5.29. The highest BCUT2D eigenvalue weighted by Gasteiger charge is 2.27. The Morgan fingerprint density at radius 3 is 2.53 bits per heavy atom. The topological polar surface area (TPSA) is 58.2 Å². The summed E-state index contributed by atoms with van der Waals surface area (Å²) < 4.78 is 23.5. The molecule has 0 aromatic carbocycles. The number of rotatable bonds is 7. The van der Waals surface area contributed by atoms with E-state index < -0.39 is 9.84 Å². The van der Waals surface area contributed by atoms with Crippen molar-refractivity contribution in [1.82, 2.24) is 10.6 Å². The maximum atomic E-state index is 11.7. The predicted molar refractivity (Wildman–Crippen MR) is 72.0 cm³/mol. The van der Waals surface area contributed by atoms with Crippen molar-refractivity contribution in [3.63, 3.8) is 0 Å². The quantitative estimate of drug-likeness (QED) is 0.666.